The average molecular weight is 260 g/mol. The maximum atomic E-state index is 11.7. The molecule has 18 heavy (non-hydrogen) atoms. The lowest BCUT2D eigenvalue weighted by Crippen LogP contribution is -2.42. The van der Waals surface area contributed by atoms with Gasteiger partial charge < -0.3 is 4.43 Å². The molecule has 0 radical (unpaired) electrons. The number of carbonyl (C=O) groups is 1. The summed E-state index contributed by atoms with van der Waals surface area (Å²) in [6.45, 7) is 10.4. The molecule has 0 saturated heterocycles. The van der Waals surface area contributed by atoms with Crippen LogP contribution in [0.4, 0.5) is 0 Å². The minimum Gasteiger partial charge on any atom is -0.510 e. The summed E-state index contributed by atoms with van der Waals surface area (Å²) in [5.74, 6) is 4.94. The Hall–Kier alpha value is -1.53. The summed E-state index contributed by atoms with van der Waals surface area (Å²) in [7, 11) is -2.06. The van der Waals surface area contributed by atoms with Crippen molar-refractivity contribution in [1.29, 1.82) is 0 Å². The van der Waals surface area contributed by atoms with Crippen molar-refractivity contribution in [3.05, 3.63) is 35.9 Å². The molecule has 0 aromatic heterocycles. The first kappa shape index (κ1) is 14.5. The Bertz CT molecular complexity index is 473. The SMILES string of the molecule is CC(C)(C)[Si](C)(C)OC(=O)C#Cc1ccccc1. The molecule has 0 aliphatic carbocycles. The van der Waals surface area contributed by atoms with Gasteiger partial charge >= 0.3 is 5.97 Å². The Morgan fingerprint density at radius 3 is 2.22 bits per heavy atom. The molecule has 0 heterocycles. The topological polar surface area (TPSA) is 26.3 Å². The van der Waals surface area contributed by atoms with E-state index in [4.69, 9.17) is 4.43 Å². The third kappa shape index (κ3) is 4.05. The lowest BCUT2D eigenvalue weighted by molar-refractivity contribution is -0.129. The van der Waals surface area contributed by atoms with E-state index < -0.39 is 14.3 Å². The number of hydrogen-bond donors (Lipinski definition) is 0. The van der Waals surface area contributed by atoms with Gasteiger partial charge in [-0.1, -0.05) is 44.9 Å². The third-order valence-electron chi connectivity index (χ3n) is 3.24. The van der Waals surface area contributed by atoms with Crippen LogP contribution in [0.5, 0.6) is 0 Å². The summed E-state index contributed by atoms with van der Waals surface area (Å²) in [5, 5.41) is 0.0110. The van der Waals surface area contributed by atoms with Gasteiger partial charge in [-0.15, -0.1) is 0 Å². The summed E-state index contributed by atoms with van der Waals surface area (Å²) in [6, 6.07) is 9.44. The summed E-state index contributed by atoms with van der Waals surface area (Å²) < 4.78 is 5.55. The number of benzene rings is 1. The molecule has 0 N–H and O–H groups in total. The first-order chi connectivity index (χ1) is 8.22. The molecular formula is C15H20O2Si. The monoisotopic (exact) mass is 260 g/mol. The molecule has 0 saturated carbocycles. The minimum absolute atomic E-state index is 0.0110. The maximum absolute atomic E-state index is 11.7. The molecule has 1 rings (SSSR count). The van der Waals surface area contributed by atoms with Crippen molar-refractivity contribution in [2.75, 3.05) is 0 Å². The minimum atomic E-state index is -2.06. The normalized spacial score (nSPS) is 11.4. The fraction of sp³-hybridized carbons (Fsp3) is 0.400. The van der Waals surface area contributed by atoms with E-state index >= 15 is 0 Å². The van der Waals surface area contributed by atoms with E-state index in [1.54, 1.807) is 0 Å². The van der Waals surface area contributed by atoms with E-state index in [1.165, 1.54) is 0 Å². The highest BCUT2D eigenvalue weighted by Gasteiger charge is 2.40. The first-order valence-electron chi connectivity index (χ1n) is 6.02. The van der Waals surface area contributed by atoms with Crippen molar-refractivity contribution in [1.82, 2.24) is 0 Å². The van der Waals surface area contributed by atoms with Crippen molar-refractivity contribution in [3.63, 3.8) is 0 Å². The molecule has 0 unspecified atom stereocenters. The molecule has 2 nitrogen and oxygen atoms in total. The average Bonchev–Trinajstić information content (AvgIpc) is 2.26. The van der Waals surface area contributed by atoms with Crippen LogP contribution in [0.15, 0.2) is 30.3 Å². The van der Waals surface area contributed by atoms with E-state index in [9.17, 15) is 4.79 Å². The molecular weight excluding hydrogens is 240 g/mol. The standard InChI is InChI=1S/C15H20O2Si/c1-15(2,3)18(4,5)17-14(16)12-11-13-9-7-6-8-10-13/h6-10H,1-5H3. The van der Waals surface area contributed by atoms with Crippen molar-refractivity contribution >= 4 is 14.3 Å². The Morgan fingerprint density at radius 1 is 1.17 bits per heavy atom. The lowest BCUT2D eigenvalue weighted by atomic mass is 10.2. The third-order valence-corrected chi connectivity index (χ3v) is 7.54. The van der Waals surface area contributed by atoms with Gasteiger partial charge in [-0.25, -0.2) is 4.79 Å². The van der Waals surface area contributed by atoms with Gasteiger partial charge in [-0.05, 0) is 30.3 Å². The molecule has 0 aliphatic rings. The van der Waals surface area contributed by atoms with Gasteiger partial charge in [-0.2, -0.15) is 0 Å². The predicted molar refractivity (Wildman–Crippen MR) is 76.6 cm³/mol. The zero-order valence-electron chi connectivity index (χ0n) is 11.7. The van der Waals surface area contributed by atoms with Crippen LogP contribution in [0, 0.1) is 11.8 Å². The van der Waals surface area contributed by atoms with Crippen molar-refractivity contribution < 1.29 is 9.22 Å². The molecule has 3 heteroatoms. The van der Waals surface area contributed by atoms with Crippen LogP contribution < -0.4 is 0 Å². The van der Waals surface area contributed by atoms with Gasteiger partial charge in [0.1, 0.15) is 0 Å². The molecule has 1 aromatic rings. The molecule has 0 amide bonds. The number of carbonyl (C=O) groups excluding carboxylic acids is 1. The molecule has 0 spiro atoms. The largest absolute Gasteiger partial charge is 0.510 e. The van der Waals surface area contributed by atoms with Gasteiger partial charge in [-0.3, -0.25) is 0 Å². The summed E-state index contributed by atoms with van der Waals surface area (Å²) in [5.41, 5.74) is 0.824. The quantitative estimate of drug-likeness (QED) is 0.570. The maximum Gasteiger partial charge on any atom is 0.371 e. The highest BCUT2D eigenvalue weighted by molar-refractivity contribution is 6.75. The Balaban J connectivity index is 2.72. The van der Waals surface area contributed by atoms with Crippen molar-refractivity contribution in [3.8, 4) is 11.8 Å². The Kier molecular flexibility index (Phi) is 4.36. The summed E-state index contributed by atoms with van der Waals surface area (Å²) >= 11 is 0. The fourth-order valence-corrected chi connectivity index (χ4v) is 1.88. The van der Waals surface area contributed by atoms with Crippen molar-refractivity contribution in [2.45, 2.75) is 38.9 Å². The second kappa shape index (κ2) is 5.41. The van der Waals surface area contributed by atoms with Crippen LogP contribution in [0.1, 0.15) is 26.3 Å². The van der Waals surface area contributed by atoms with Crippen LogP contribution in [-0.4, -0.2) is 14.3 Å². The fourth-order valence-electron chi connectivity index (χ4n) is 1.06. The zero-order valence-corrected chi connectivity index (χ0v) is 12.7. The van der Waals surface area contributed by atoms with E-state index in [1.807, 2.05) is 43.4 Å². The summed E-state index contributed by atoms with van der Waals surface area (Å²) in [6.07, 6.45) is 0. The molecule has 96 valence electrons. The van der Waals surface area contributed by atoms with Crippen LogP contribution in [0.2, 0.25) is 18.1 Å². The van der Waals surface area contributed by atoms with E-state index in [2.05, 4.69) is 32.6 Å². The van der Waals surface area contributed by atoms with Gasteiger partial charge in [0.2, 0.25) is 0 Å². The Morgan fingerprint density at radius 2 is 1.72 bits per heavy atom. The zero-order chi connectivity index (χ0) is 13.8. The van der Waals surface area contributed by atoms with Gasteiger partial charge in [0.25, 0.3) is 8.32 Å². The highest BCUT2D eigenvalue weighted by atomic mass is 28.4. The predicted octanol–water partition coefficient (Wildman–Crippen LogP) is 3.59. The van der Waals surface area contributed by atoms with Gasteiger partial charge in [0, 0.05) is 11.5 Å². The van der Waals surface area contributed by atoms with E-state index in [0.717, 1.165) is 5.56 Å². The smallest absolute Gasteiger partial charge is 0.371 e. The first-order valence-corrected chi connectivity index (χ1v) is 8.93. The molecule has 1 aromatic carbocycles. The second-order valence-electron chi connectivity index (χ2n) is 5.77. The Labute approximate surface area is 110 Å². The van der Waals surface area contributed by atoms with Gasteiger partial charge in [0.15, 0.2) is 0 Å². The second-order valence-corrected chi connectivity index (χ2v) is 10.5. The van der Waals surface area contributed by atoms with Crippen LogP contribution in [0.3, 0.4) is 0 Å². The molecule has 0 aliphatic heterocycles. The highest BCUT2D eigenvalue weighted by Crippen LogP contribution is 2.36. The molecule has 0 bridgehead atoms. The van der Waals surface area contributed by atoms with E-state index in [0.29, 0.717) is 0 Å². The molecule has 0 atom stereocenters. The van der Waals surface area contributed by atoms with Crippen molar-refractivity contribution in [2.24, 2.45) is 0 Å². The van der Waals surface area contributed by atoms with Gasteiger partial charge in [0.05, 0.1) is 0 Å². The number of rotatable bonds is 1. The van der Waals surface area contributed by atoms with E-state index in [-0.39, 0.29) is 5.04 Å². The van der Waals surface area contributed by atoms with Crippen LogP contribution in [0.25, 0.3) is 0 Å². The molecule has 0 fully saturated rings. The van der Waals surface area contributed by atoms with Crippen LogP contribution >= 0.6 is 0 Å². The van der Waals surface area contributed by atoms with Crippen LogP contribution in [-0.2, 0) is 9.22 Å². The summed E-state index contributed by atoms with van der Waals surface area (Å²) in [4.78, 5) is 11.7. The lowest BCUT2D eigenvalue weighted by Gasteiger charge is -2.34. The number of hydrogen-bond acceptors (Lipinski definition) is 2.